The molecule has 0 aliphatic rings. The van der Waals surface area contributed by atoms with Gasteiger partial charge < -0.3 is 19.7 Å². The van der Waals surface area contributed by atoms with E-state index >= 15 is 0 Å². The van der Waals surface area contributed by atoms with Crippen molar-refractivity contribution in [2.24, 2.45) is 0 Å². The molecule has 0 heterocycles. The van der Waals surface area contributed by atoms with Gasteiger partial charge in [-0.2, -0.15) is 0 Å². The Morgan fingerprint density at radius 2 is 1.51 bits per heavy atom. The van der Waals surface area contributed by atoms with E-state index in [1.165, 1.54) is 37.3 Å². The van der Waals surface area contributed by atoms with Crippen molar-refractivity contribution in [2.75, 3.05) is 31.6 Å². The molecule has 0 aliphatic heterocycles. The minimum Gasteiger partial charge on any atom is -0.493 e. The highest BCUT2D eigenvalue weighted by atomic mass is 35.5. The van der Waals surface area contributed by atoms with Gasteiger partial charge in [-0.3, -0.25) is 13.9 Å². The van der Waals surface area contributed by atoms with E-state index in [0.29, 0.717) is 28.6 Å². The van der Waals surface area contributed by atoms with Crippen molar-refractivity contribution < 1.29 is 27.5 Å². The van der Waals surface area contributed by atoms with E-state index in [2.05, 4.69) is 5.32 Å². The molecule has 0 aliphatic carbocycles. The van der Waals surface area contributed by atoms with Crippen LogP contribution < -0.4 is 19.1 Å². The topological polar surface area (TPSA) is 105 Å². The number of sulfonamides is 1. The number of nitrogens with one attached hydrogen (secondary N) is 1. The van der Waals surface area contributed by atoms with Gasteiger partial charge in [0.05, 0.1) is 24.8 Å². The number of amides is 2. The number of aryl methyl sites for hydroxylation is 2. The van der Waals surface area contributed by atoms with Crippen LogP contribution in [0.15, 0.2) is 95.9 Å². The molecular formula is C38H44ClN3O6S. The molecule has 4 aromatic rings. The van der Waals surface area contributed by atoms with E-state index < -0.39 is 28.5 Å². The van der Waals surface area contributed by atoms with Crippen LogP contribution in [0.4, 0.5) is 5.69 Å². The molecule has 0 spiro atoms. The van der Waals surface area contributed by atoms with Crippen LogP contribution >= 0.6 is 11.6 Å². The molecule has 0 saturated carbocycles. The number of carbonyl (C=O) groups is 2. The van der Waals surface area contributed by atoms with Crippen molar-refractivity contribution in [3.8, 4) is 11.5 Å². The summed E-state index contributed by atoms with van der Waals surface area (Å²) >= 11 is 6.34. The maximum atomic E-state index is 14.7. The smallest absolute Gasteiger partial charge is 0.264 e. The highest BCUT2D eigenvalue weighted by Crippen LogP contribution is 2.33. The molecule has 9 nitrogen and oxygen atoms in total. The van der Waals surface area contributed by atoms with E-state index in [0.717, 1.165) is 33.8 Å². The quantitative estimate of drug-likeness (QED) is 0.130. The monoisotopic (exact) mass is 705 g/mol. The molecule has 11 heteroatoms. The van der Waals surface area contributed by atoms with E-state index in [1.54, 1.807) is 30.3 Å². The predicted molar refractivity (Wildman–Crippen MR) is 194 cm³/mol. The van der Waals surface area contributed by atoms with Crippen molar-refractivity contribution in [1.29, 1.82) is 0 Å². The molecule has 4 rings (SSSR count). The molecule has 4 aromatic carbocycles. The molecule has 0 unspecified atom stereocenters. The molecule has 260 valence electrons. The number of unbranched alkanes of at least 4 members (excludes halogenated alkanes) is 1. The lowest BCUT2D eigenvalue weighted by atomic mass is 10.0. The Hall–Kier alpha value is -4.54. The fourth-order valence-corrected chi connectivity index (χ4v) is 7.25. The maximum absolute atomic E-state index is 14.7. The number of anilines is 1. The summed E-state index contributed by atoms with van der Waals surface area (Å²) in [6, 6.07) is 25.2. The molecule has 0 fully saturated rings. The van der Waals surface area contributed by atoms with Gasteiger partial charge in [0.1, 0.15) is 12.6 Å². The number of methoxy groups -OCH3 is 2. The van der Waals surface area contributed by atoms with E-state index in [9.17, 15) is 18.0 Å². The normalized spacial score (nSPS) is 11.8. The third-order valence-corrected chi connectivity index (χ3v) is 10.1. The minimum atomic E-state index is -4.35. The number of benzene rings is 4. The Morgan fingerprint density at radius 1 is 0.837 bits per heavy atom. The van der Waals surface area contributed by atoms with Crippen molar-refractivity contribution in [3.05, 3.63) is 118 Å². The van der Waals surface area contributed by atoms with Crippen LogP contribution in [-0.2, 0) is 32.6 Å². The fourth-order valence-electron chi connectivity index (χ4n) is 5.62. The summed E-state index contributed by atoms with van der Waals surface area (Å²) in [6.07, 6.45) is 1.88. The zero-order valence-corrected chi connectivity index (χ0v) is 30.2. The first-order valence-electron chi connectivity index (χ1n) is 16.2. The second kappa shape index (κ2) is 17.2. The molecule has 1 N–H and O–H groups in total. The molecule has 2 amide bonds. The van der Waals surface area contributed by atoms with Gasteiger partial charge in [0.15, 0.2) is 11.5 Å². The van der Waals surface area contributed by atoms with Crippen molar-refractivity contribution >= 4 is 39.1 Å². The van der Waals surface area contributed by atoms with Gasteiger partial charge in [0.25, 0.3) is 10.0 Å². The van der Waals surface area contributed by atoms with Crippen LogP contribution in [0.3, 0.4) is 0 Å². The van der Waals surface area contributed by atoms with Gasteiger partial charge in [0.2, 0.25) is 11.8 Å². The summed E-state index contributed by atoms with van der Waals surface area (Å²) in [6.45, 7) is 5.65. The van der Waals surface area contributed by atoms with Crippen molar-refractivity contribution in [3.63, 3.8) is 0 Å². The second-order valence-electron chi connectivity index (χ2n) is 11.9. The van der Waals surface area contributed by atoms with Crippen LogP contribution in [0, 0.1) is 13.8 Å². The highest BCUT2D eigenvalue weighted by molar-refractivity contribution is 7.92. The van der Waals surface area contributed by atoms with E-state index in [-0.39, 0.29) is 29.5 Å². The average molecular weight is 706 g/mol. The van der Waals surface area contributed by atoms with Gasteiger partial charge in [-0.25, -0.2) is 8.42 Å². The van der Waals surface area contributed by atoms with Crippen LogP contribution in [0.5, 0.6) is 11.5 Å². The van der Waals surface area contributed by atoms with Crippen LogP contribution in [0.2, 0.25) is 5.02 Å². The van der Waals surface area contributed by atoms with Gasteiger partial charge in [-0.1, -0.05) is 73.5 Å². The van der Waals surface area contributed by atoms with Crippen molar-refractivity contribution in [1.82, 2.24) is 10.2 Å². The van der Waals surface area contributed by atoms with Gasteiger partial charge in [-0.15, -0.1) is 0 Å². The summed E-state index contributed by atoms with van der Waals surface area (Å²) in [5.41, 5.74) is 3.51. The molecule has 0 saturated heterocycles. The summed E-state index contributed by atoms with van der Waals surface area (Å²) in [4.78, 5) is 30.0. The molecule has 0 aromatic heterocycles. The Balaban J connectivity index is 1.84. The summed E-state index contributed by atoms with van der Waals surface area (Å²) in [5, 5.41) is 3.48. The van der Waals surface area contributed by atoms with Crippen molar-refractivity contribution in [2.45, 2.75) is 57.5 Å². The Bertz CT molecular complexity index is 1830. The number of carbonyl (C=O) groups excluding carboxylic acids is 2. The Kier molecular flexibility index (Phi) is 13.1. The number of hydrogen-bond donors (Lipinski definition) is 1. The van der Waals surface area contributed by atoms with Crippen LogP contribution in [0.1, 0.15) is 42.0 Å². The SMILES string of the molecule is CCCCNC(=O)[C@H](Cc1ccccc1)N(Cc1cccc(Cl)c1)C(=O)CN(c1cc(C)cc(C)c1)S(=O)(=O)c1ccc(OC)c(OC)c1. The molecule has 1 atom stereocenters. The van der Waals surface area contributed by atoms with E-state index in [4.69, 9.17) is 21.1 Å². The van der Waals surface area contributed by atoms with Crippen LogP contribution in [0.25, 0.3) is 0 Å². The first kappa shape index (κ1) is 37.3. The highest BCUT2D eigenvalue weighted by Gasteiger charge is 2.35. The summed E-state index contributed by atoms with van der Waals surface area (Å²) in [7, 11) is -1.46. The first-order valence-corrected chi connectivity index (χ1v) is 18.0. The summed E-state index contributed by atoms with van der Waals surface area (Å²) < 4.78 is 40.9. The number of rotatable bonds is 16. The maximum Gasteiger partial charge on any atom is 0.264 e. The Morgan fingerprint density at radius 3 is 2.14 bits per heavy atom. The summed E-state index contributed by atoms with van der Waals surface area (Å²) in [5.74, 6) is -0.298. The minimum absolute atomic E-state index is 0.0230. The van der Waals surface area contributed by atoms with Gasteiger partial charge in [0, 0.05) is 30.6 Å². The van der Waals surface area contributed by atoms with Gasteiger partial charge >= 0.3 is 0 Å². The predicted octanol–water partition coefficient (Wildman–Crippen LogP) is 6.73. The lowest BCUT2D eigenvalue weighted by Gasteiger charge is -2.34. The number of nitrogens with zero attached hydrogens (tertiary/aromatic N) is 2. The van der Waals surface area contributed by atoms with Gasteiger partial charge in [-0.05, 0) is 78.9 Å². The zero-order valence-electron chi connectivity index (χ0n) is 28.6. The molecular weight excluding hydrogens is 662 g/mol. The number of hydrogen-bond acceptors (Lipinski definition) is 6. The first-order chi connectivity index (χ1) is 23.5. The van der Waals surface area contributed by atoms with E-state index in [1.807, 2.05) is 63.2 Å². The molecule has 0 radical (unpaired) electrons. The number of halogens is 1. The standard InChI is InChI=1S/C38H44ClN3O6S/c1-6-7-18-40-38(44)34(23-29-12-9-8-10-13-29)41(25-30-14-11-15-31(39)22-30)37(43)26-42(32-20-27(2)19-28(3)21-32)49(45,46)33-16-17-35(47-4)36(24-33)48-5/h8-17,19-22,24,34H,6-7,18,23,25-26H2,1-5H3,(H,40,44)/t34-/m0/s1. The largest absolute Gasteiger partial charge is 0.493 e. The lowest BCUT2D eigenvalue weighted by Crippen LogP contribution is -2.53. The van der Waals surface area contributed by atoms with Crippen LogP contribution in [-0.4, -0.2) is 58.5 Å². The third kappa shape index (κ3) is 9.77. The lowest BCUT2D eigenvalue weighted by molar-refractivity contribution is -0.140. The average Bonchev–Trinajstić information content (AvgIpc) is 3.08. The zero-order chi connectivity index (χ0) is 35.6. The third-order valence-electron chi connectivity index (χ3n) is 8.06. The second-order valence-corrected chi connectivity index (χ2v) is 14.2. The fraction of sp³-hybridized carbons (Fsp3) is 0.316. The molecule has 49 heavy (non-hydrogen) atoms. The Labute approximate surface area is 294 Å². The number of ether oxygens (including phenoxy) is 2. The molecule has 0 bridgehead atoms.